The first kappa shape index (κ1) is 18.7. The fourth-order valence-electron chi connectivity index (χ4n) is 2.82. The normalized spacial score (nSPS) is 20.2. The Morgan fingerprint density at radius 2 is 2.25 bits per heavy atom. The summed E-state index contributed by atoms with van der Waals surface area (Å²) in [5, 5.41) is 9.99. The summed E-state index contributed by atoms with van der Waals surface area (Å²) in [5.74, 6) is -0.0608. The van der Waals surface area contributed by atoms with E-state index in [1.807, 2.05) is 19.2 Å². The number of nitrogens with zero attached hydrogens (tertiary/aromatic N) is 3. The van der Waals surface area contributed by atoms with Gasteiger partial charge in [-0.1, -0.05) is 0 Å². The van der Waals surface area contributed by atoms with E-state index >= 15 is 0 Å². The van der Waals surface area contributed by atoms with Crippen molar-refractivity contribution in [3.05, 3.63) is 18.5 Å². The summed E-state index contributed by atoms with van der Waals surface area (Å²) in [5.41, 5.74) is 0. The van der Waals surface area contributed by atoms with E-state index in [-0.39, 0.29) is 24.4 Å². The number of alkyl halides is 3. The molecular weight excluding hydrogens is 323 g/mol. The molecule has 0 aromatic carbocycles. The predicted molar refractivity (Wildman–Crippen MR) is 83.3 cm³/mol. The number of halogens is 3. The van der Waals surface area contributed by atoms with E-state index in [0.29, 0.717) is 32.6 Å². The Labute approximate surface area is 139 Å². The Kier molecular flexibility index (Phi) is 6.61. The smallest absolute Gasteiger partial charge is 0.355 e. The highest BCUT2D eigenvalue weighted by atomic mass is 19.4. The fourth-order valence-corrected chi connectivity index (χ4v) is 2.82. The number of nitrogens with one attached hydrogen (secondary N) is 2. The van der Waals surface area contributed by atoms with Gasteiger partial charge in [0.25, 0.3) is 0 Å². The molecule has 0 spiro atoms. The number of rotatable bonds is 8. The highest BCUT2D eigenvalue weighted by molar-refractivity contribution is 5.78. The molecule has 2 unspecified atom stereocenters. The van der Waals surface area contributed by atoms with E-state index in [1.165, 1.54) is 4.90 Å². The number of hydrogen-bond donors (Lipinski definition) is 2. The summed E-state index contributed by atoms with van der Waals surface area (Å²) in [4.78, 5) is 13.2. The largest absolute Gasteiger partial charge is 0.401 e. The number of hydrogen-bond acceptors (Lipinski definition) is 4. The molecule has 1 fully saturated rings. The van der Waals surface area contributed by atoms with Crippen molar-refractivity contribution in [3.8, 4) is 0 Å². The standard InChI is InChI=1S/C15H24F3N5O/c1-12(9-23-5-2-4-21-23)19-8-14(24)20-7-13-3-6-22(10-13)11-15(16,17)18/h2,4-5,12-13,19H,3,6-11H2,1H3,(H,20,24). The SMILES string of the molecule is CC(Cn1cccn1)NCC(=O)NCC1CCN(CC(F)(F)F)C1. The third-order valence-corrected chi connectivity index (χ3v) is 3.99. The van der Waals surface area contributed by atoms with Gasteiger partial charge in [-0.2, -0.15) is 18.3 Å². The van der Waals surface area contributed by atoms with Crippen molar-refractivity contribution >= 4 is 5.91 Å². The summed E-state index contributed by atoms with van der Waals surface area (Å²) in [6.07, 6.45) is 0.0699. The van der Waals surface area contributed by atoms with Gasteiger partial charge < -0.3 is 10.6 Å². The zero-order valence-corrected chi connectivity index (χ0v) is 13.7. The Balaban J connectivity index is 1.58. The van der Waals surface area contributed by atoms with Crippen LogP contribution in [0, 0.1) is 5.92 Å². The van der Waals surface area contributed by atoms with Crippen LogP contribution in [0.3, 0.4) is 0 Å². The third-order valence-electron chi connectivity index (χ3n) is 3.99. The summed E-state index contributed by atoms with van der Waals surface area (Å²) in [6, 6.07) is 1.92. The van der Waals surface area contributed by atoms with Gasteiger partial charge in [-0.25, -0.2) is 0 Å². The quantitative estimate of drug-likeness (QED) is 0.732. The van der Waals surface area contributed by atoms with Crippen LogP contribution in [0.2, 0.25) is 0 Å². The molecule has 1 aliphatic rings. The second-order valence-electron chi connectivity index (χ2n) is 6.32. The zero-order chi connectivity index (χ0) is 17.6. The highest BCUT2D eigenvalue weighted by Crippen LogP contribution is 2.22. The van der Waals surface area contributed by atoms with Gasteiger partial charge in [0.2, 0.25) is 5.91 Å². The molecule has 0 radical (unpaired) electrons. The van der Waals surface area contributed by atoms with Crippen LogP contribution in [0.1, 0.15) is 13.3 Å². The van der Waals surface area contributed by atoms with Crippen LogP contribution in [0.15, 0.2) is 18.5 Å². The Bertz CT molecular complexity index is 506. The lowest BCUT2D eigenvalue weighted by Gasteiger charge is -2.18. The second kappa shape index (κ2) is 8.48. The summed E-state index contributed by atoms with van der Waals surface area (Å²) in [7, 11) is 0. The monoisotopic (exact) mass is 347 g/mol. The van der Waals surface area contributed by atoms with Gasteiger partial charge in [0.1, 0.15) is 0 Å². The van der Waals surface area contributed by atoms with Crippen molar-refractivity contribution in [1.29, 1.82) is 0 Å². The van der Waals surface area contributed by atoms with Gasteiger partial charge >= 0.3 is 6.18 Å². The van der Waals surface area contributed by atoms with Crippen molar-refractivity contribution in [2.24, 2.45) is 5.92 Å². The van der Waals surface area contributed by atoms with Gasteiger partial charge in [0.05, 0.1) is 19.6 Å². The molecule has 1 aromatic rings. The summed E-state index contributed by atoms with van der Waals surface area (Å²) < 4.78 is 38.8. The van der Waals surface area contributed by atoms with Gasteiger partial charge in [-0.15, -0.1) is 0 Å². The van der Waals surface area contributed by atoms with Crippen molar-refractivity contribution in [2.45, 2.75) is 32.1 Å². The molecule has 2 atom stereocenters. The average molecular weight is 347 g/mol. The van der Waals surface area contributed by atoms with Crippen molar-refractivity contribution in [2.75, 3.05) is 32.7 Å². The molecular formula is C15H24F3N5O. The minimum atomic E-state index is -4.16. The van der Waals surface area contributed by atoms with Crippen LogP contribution in [0.5, 0.6) is 0 Å². The second-order valence-corrected chi connectivity index (χ2v) is 6.32. The van der Waals surface area contributed by atoms with Crippen molar-refractivity contribution in [1.82, 2.24) is 25.3 Å². The number of amides is 1. The molecule has 136 valence electrons. The molecule has 1 amide bonds. The molecule has 0 bridgehead atoms. The van der Waals surface area contributed by atoms with Gasteiger partial charge in [-0.3, -0.25) is 14.4 Å². The molecule has 2 N–H and O–H groups in total. The summed E-state index contributed by atoms with van der Waals surface area (Å²) in [6.45, 7) is 3.16. The maximum Gasteiger partial charge on any atom is 0.401 e. The van der Waals surface area contributed by atoms with Gasteiger partial charge in [0.15, 0.2) is 0 Å². The lowest BCUT2D eigenvalue weighted by atomic mass is 10.1. The van der Waals surface area contributed by atoms with E-state index in [0.717, 1.165) is 0 Å². The lowest BCUT2D eigenvalue weighted by molar-refractivity contribution is -0.143. The van der Waals surface area contributed by atoms with E-state index < -0.39 is 12.7 Å². The number of aromatic nitrogens is 2. The maximum atomic E-state index is 12.3. The number of carbonyl (C=O) groups excluding carboxylic acids is 1. The van der Waals surface area contributed by atoms with E-state index in [4.69, 9.17) is 0 Å². The Morgan fingerprint density at radius 3 is 2.92 bits per heavy atom. The average Bonchev–Trinajstić information content (AvgIpc) is 3.13. The zero-order valence-electron chi connectivity index (χ0n) is 13.7. The first-order valence-electron chi connectivity index (χ1n) is 8.08. The van der Waals surface area contributed by atoms with E-state index in [2.05, 4.69) is 15.7 Å². The van der Waals surface area contributed by atoms with Crippen LogP contribution in [0.25, 0.3) is 0 Å². The highest BCUT2D eigenvalue weighted by Gasteiger charge is 2.34. The van der Waals surface area contributed by atoms with Crippen LogP contribution in [-0.2, 0) is 11.3 Å². The number of likely N-dealkylation sites (tertiary alicyclic amines) is 1. The topological polar surface area (TPSA) is 62.2 Å². The predicted octanol–water partition coefficient (Wildman–Crippen LogP) is 0.862. The van der Waals surface area contributed by atoms with Crippen LogP contribution < -0.4 is 10.6 Å². The molecule has 1 saturated heterocycles. The summed E-state index contributed by atoms with van der Waals surface area (Å²) >= 11 is 0. The molecule has 0 saturated carbocycles. The number of carbonyl (C=O) groups is 1. The van der Waals surface area contributed by atoms with Crippen LogP contribution in [-0.4, -0.2) is 65.5 Å². The third kappa shape index (κ3) is 6.88. The molecule has 2 rings (SSSR count). The molecule has 2 heterocycles. The van der Waals surface area contributed by atoms with Crippen LogP contribution >= 0.6 is 0 Å². The fraction of sp³-hybridized carbons (Fsp3) is 0.733. The minimum absolute atomic E-state index is 0.0813. The first-order chi connectivity index (χ1) is 11.3. The van der Waals surface area contributed by atoms with Crippen LogP contribution in [0.4, 0.5) is 13.2 Å². The van der Waals surface area contributed by atoms with Gasteiger partial charge in [-0.05, 0) is 31.9 Å². The van der Waals surface area contributed by atoms with E-state index in [1.54, 1.807) is 10.9 Å². The van der Waals surface area contributed by atoms with Gasteiger partial charge in [0, 0.05) is 31.5 Å². The van der Waals surface area contributed by atoms with E-state index in [9.17, 15) is 18.0 Å². The first-order valence-corrected chi connectivity index (χ1v) is 8.08. The molecule has 24 heavy (non-hydrogen) atoms. The molecule has 1 aromatic heterocycles. The molecule has 9 heteroatoms. The van der Waals surface area contributed by atoms with Crippen molar-refractivity contribution in [3.63, 3.8) is 0 Å². The molecule has 0 aliphatic carbocycles. The Hall–Kier alpha value is -1.61. The molecule has 1 aliphatic heterocycles. The minimum Gasteiger partial charge on any atom is -0.355 e. The van der Waals surface area contributed by atoms with Crippen molar-refractivity contribution < 1.29 is 18.0 Å². The maximum absolute atomic E-state index is 12.3. The molecule has 6 nitrogen and oxygen atoms in total. The lowest BCUT2D eigenvalue weighted by Crippen LogP contribution is -2.41. The Morgan fingerprint density at radius 1 is 1.46 bits per heavy atom.